The molecule has 2 fully saturated rings. The van der Waals surface area contributed by atoms with Gasteiger partial charge >= 0.3 is 0 Å². The van der Waals surface area contributed by atoms with Crippen molar-refractivity contribution in [1.82, 2.24) is 24.9 Å². The zero-order valence-electron chi connectivity index (χ0n) is 24.2. The van der Waals surface area contributed by atoms with E-state index in [9.17, 15) is 5.26 Å². The van der Waals surface area contributed by atoms with Crippen LogP contribution in [0.4, 0.5) is 16.6 Å². The maximum absolute atomic E-state index is 10.1. The molecule has 1 spiro atoms. The summed E-state index contributed by atoms with van der Waals surface area (Å²) >= 11 is 1.57. The molecule has 2 N–H and O–H groups in total. The van der Waals surface area contributed by atoms with Gasteiger partial charge in [-0.1, -0.05) is 5.16 Å². The summed E-state index contributed by atoms with van der Waals surface area (Å²) in [5.74, 6) is 3.49. The fourth-order valence-electron chi connectivity index (χ4n) is 7.38. The number of anilines is 3. The second kappa shape index (κ2) is 10.6. The Kier molecular flexibility index (Phi) is 6.88. The third-order valence-corrected chi connectivity index (χ3v) is 10.7. The van der Waals surface area contributed by atoms with Gasteiger partial charge in [0.1, 0.15) is 22.7 Å². The van der Waals surface area contributed by atoms with E-state index in [1.807, 2.05) is 0 Å². The SMILES string of the molecule is CN1CCCN(c2cc(N3CCN(C)CC3)nc(-c3noc4c3CCC[C@@]43CCCc4sc(N)c(C#N)c43)n2)CC1. The second-order valence-electron chi connectivity index (χ2n) is 12.2. The van der Waals surface area contributed by atoms with Gasteiger partial charge in [0.2, 0.25) is 0 Å². The summed E-state index contributed by atoms with van der Waals surface area (Å²) in [6.07, 6.45) is 6.89. The van der Waals surface area contributed by atoms with Crippen molar-refractivity contribution in [3.05, 3.63) is 33.4 Å². The number of piperazine rings is 1. The molecule has 0 radical (unpaired) electrons. The average molecular weight is 574 g/mol. The number of likely N-dealkylation sites (N-methyl/N-ethyl adjacent to an activating group) is 2. The Morgan fingerprint density at radius 2 is 1.56 bits per heavy atom. The Hall–Kier alpha value is -3.20. The third kappa shape index (κ3) is 4.57. The Balaban J connectivity index is 1.33. The van der Waals surface area contributed by atoms with Gasteiger partial charge in [0, 0.05) is 62.3 Å². The van der Waals surface area contributed by atoms with E-state index in [0.717, 1.165) is 132 Å². The minimum Gasteiger partial charge on any atom is -0.389 e. The molecule has 2 aliphatic heterocycles. The number of thiophene rings is 1. The lowest BCUT2D eigenvalue weighted by Gasteiger charge is -2.39. The lowest BCUT2D eigenvalue weighted by Crippen LogP contribution is -2.45. The van der Waals surface area contributed by atoms with Crippen LogP contribution in [0.2, 0.25) is 0 Å². The third-order valence-electron chi connectivity index (χ3n) is 9.64. The lowest BCUT2D eigenvalue weighted by molar-refractivity contribution is 0.265. The number of hydrogen-bond acceptors (Lipinski definition) is 11. The Labute approximate surface area is 245 Å². The van der Waals surface area contributed by atoms with E-state index in [2.05, 4.69) is 45.8 Å². The molecule has 7 rings (SSSR count). The Morgan fingerprint density at radius 1 is 0.902 bits per heavy atom. The second-order valence-corrected chi connectivity index (χ2v) is 13.4. The van der Waals surface area contributed by atoms with Gasteiger partial charge in [-0.3, -0.25) is 0 Å². The van der Waals surface area contributed by atoms with Crippen LogP contribution in [0.5, 0.6) is 0 Å². The molecule has 3 aromatic rings. The van der Waals surface area contributed by atoms with Crippen molar-refractivity contribution in [2.24, 2.45) is 0 Å². The molecule has 0 saturated carbocycles. The molecule has 0 amide bonds. The van der Waals surface area contributed by atoms with Crippen molar-refractivity contribution in [3.8, 4) is 17.6 Å². The van der Waals surface area contributed by atoms with Crippen molar-refractivity contribution >= 4 is 28.0 Å². The molecule has 5 heterocycles. The van der Waals surface area contributed by atoms with Crippen LogP contribution in [-0.2, 0) is 18.3 Å². The molecular formula is C30H39N9OS. The number of nitrogen functional groups attached to an aromatic ring is 1. The van der Waals surface area contributed by atoms with Gasteiger partial charge in [-0.15, -0.1) is 11.3 Å². The number of aryl methyl sites for hydroxylation is 1. The van der Waals surface area contributed by atoms with E-state index in [1.165, 1.54) is 4.88 Å². The zero-order chi connectivity index (χ0) is 28.1. The molecule has 0 bridgehead atoms. The molecule has 1 atom stereocenters. The normalized spacial score (nSPS) is 23.7. The summed E-state index contributed by atoms with van der Waals surface area (Å²) < 4.78 is 6.30. The predicted octanol–water partition coefficient (Wildman–Crippen LogP) is 3.50. The fraction of sp³-hybridized carbons (Fsp3) is 0.600. The Bertz CT molecular complexity index is 1480. The average Bonchev–Trinajstić information content (AvgIpc) is 3.49. The number of nitrogens with two attached hydrogens (primary N) is 1. The monoisotopic (exact) mass is 573 g/mol. The highest BCUT2D eigenvalue weighted by Gasteiger charge is 2.48. The van der Waals surface area contributed by atoms with E-state index >= 15 is 0 Å². The van der Waals surface area contributed by atoms with Crippen molar-refractivity contribution in [1.29, 1.82) is 5.26 Å². The first-order valence-corrected chi connectivity index (χ1v) is 15.9. The summed E-state index contributed by atoms with van der Waals surface area (Å²) in [5.41, 5.74) is 9.61. The van der Waals surface area contributed by atoms with Gasteiger partial charge in [0.25, 0.3) is 0 Å². The minimum absolute atomic E-state index is 0.348. The largest absolute Gasteiger partial charge is 0.389 e. The Morgan fingerprint density at radius 3 is 2.27 bits per heavy atom. The summed E-state index contributed by atoms with van der Waals surface area (Å²) in [6.45, 7) is 7.92. The van der Waals surface area contributed by atoms with E-state index in [1.54, 1.807) is 11.3 Å². The molecule has 216 valence electrons. The first kappa shape index (κ1) is 26.7. The number of rotatable bonds is 3. The van der Waals surface area contributed by atoms with Crippen LogP contribution in [0.3, 0.4) is 0 Å². The van der Waals surface area contributed by atoms with Gasteiger partial charge in [-0.05, 0) is 71.1 Å². The number of nitriles is 1. The van der Waals surface area contributed by atoms with Gasteiger partial charge in [0.05, 0.1) is 11.0 Å². The highest BCUT2D eigenvalue weighted by atomic mass is 32.1. The van der Waals surface area contributed by atoms with Crippen LogP contribution in [0, 0.1) is 11.3 Å². The van der Waals surface area contributed by atoms with Crippen LogP contribution >= 0.6 is 11.3 Å². The molecule has 0 unspecified atom stereocenters. The number of hydrogen-bond donors (Lipinski definition) is 1. The standard InChI is InChI=1S/C30H39N9OS/c1-36-10-5-11-38(15-12-36)23-18-24(39-16-13-37(2)14-17-39)34-29(33-23)26-20-6-3-8-30(27(20)40-35-26)9-4-7-22-25(30)21(19-31)28(32)41-22/h18H,3-17,32H2,1-2H3/t30-/m0/s1. The van der Waals surface area contributed by atoms with Gasteiger partial charge < -0.3 is 29.9 Å². The van der Waals surface area contributed by atoms with E-state index in [-0.39, 0.29) is 5.41 Å². The van der Waals surface area contributed by atoms with E-state index in [4.69, 9.17) is 25.4 Å². The smallest absolute Gasteiger partial charge is 0.186 e. The van der Waals surface area contributed by atoms with E-state index < -0.39 is 0 Å². The van der Waals surface area contributed by atoms with Gasteiger partial charge in [0.15, 0.2) is 17.3 Å². The maximum atomic E-state index is 10.1. The van der Waals surface area contributed by atoms with Crippen molar-refractivity contribution in [3.63, 3.8) is 0 Å². The summed E-state index contributed by atoms with van der Waals surface area (Å²) in [6, 6.07) is 4.60. The molecular weight excluding hydrogens is 534 g/mol. The predicted molar refractivity (Wildman–Crippen MR) is 162 cm³/mol. The van der Waals surface area contributed by atoms with Gasteiger partial charge in [-0.2, -0.15) is 5.26 Å². The number of nitrogens with zero attached hydrogens (tertiary/aromatic N) is 8. The molecule has 10 nitrogen and oxygen atoms in total. The highest BCUT2D eigenvalue weighted by Crippen LogP contribution is 2.55. The summed E-state index contributed by atoms with van der Waals surface area (Å²) in [4.78, 5) is 21.1. The van der Waals surface area contributed by atoms with Crippen molar-refractivity contribution < 1.29 is 4.52 Å². The van der Waals surface area contributed by atoms with Crippen molar-refractivity contribution in [2.45, 2.75) is 50.4 Å². The van der Waals surface area contributed by atoms with Crippen molar-refractivity contribution in [2.75, 3.05) is 82.0 Å². The maximum Gasteiger partial charge on any atom is 0.186 e. The first-order valence-electron chi connectivity index (χ1n) is 15.0. The minimum atomic E-state index is -0.348. The van der Waals surface area contributed by atoms with Crippen LogP contribution < -0.4 is 15.5 Å². The molecule has 0 aromatic carbocycles. The lowest BCUT2D eigenvalue weighted by atomic mass is 9.63. The highest BCUT2D eigenvalue weighted by molar-refractivity contribution is 7.16. The van der Waals surface area contributed by atoms with Gasteiger partial charge in [-0.25, -0.2) is 9.97 Å². The summed E-state index contributed by atoms with van der Waals surface area (Å²) in [5, 5.41) is 15.4. The fourth-order valence-corrected chi connectivity index (χ4v) is 8.54. The zero-order valence-corrected chi connectivity index (χ0v) is 25.0. The molecule has 4 aliphatic rings. The topological polar surface area (TPSA) is 115 Å². The van der Waals surface area contributed by atoms with E-state index in [0.29, 0.717) is 16.4 Å². The molecule has 11 heteroatoms. The van der Waals surface area contributed by atoms with Crippen LogP contribution in [0.25, 0.3) is 11.5 Å². The van der Waals surface area contributed by atoms with Crippen LogP contribution in [0.1, 0.15) is 59.4 Å². The quantitative estimate of drug-likeness (QED) is 0.499. The first-order chi connectivity index (χ1) is 20.0. The molecule has 2 aliphatic carbocycles. The molecule has 41 heavy (non-hydrogen) atoms. The number of aromatic nitrogens is 3. The number of fused-ring (bicyclic) bond motifs is 4. The molecule has 3 aromatic heterocycles. The molecule has 2 saturated heterocycles. The summed E-state index contributed by atoms with van der Waals surface area (Å²) in [7, 11) is 4.37. The van der Waals surface area contributed by atoms with Crippen LogP contribution in [-0.4, -0.2) is 91.4 Å². The van der Waals surface area contributed by atoms with Crippen LogP contribution in [0.15, 0.2) is 10.6 Å².